The Morgan fingerprint density at radius 2 is 1.80 bits per heavy atom. The molecule has 1 nitrogen and oxygen atoms in total. The summed E-state index contributed by atoms with van der Waals surface area (Å²) in [6.45, 7) is 3.62. The fraction of sp³-hybridized carbons (Fsp3) is 0.286. The van der Waals surface area contributed by atoms with Gasteiger partial charge in [-0.25, -0.2) is 4.39 Å². The molecule has 0 bridgehead atoms. The minimum absolute atomic E-state index is 0.0312. The topological polar surface area (TPSA) is 20.2 Å². The van der Waals surface area contributed by atoms with Crippen LogP contribution in [0.25, 0.3) is 0 Å². The summed E-state index contributed by atoms with van der Waals surface area (Å²) in [5.74, 6) is -1.34. The van der Waals surface area contributed by atoms with Gasteiger partial charge >= 0.3 is 6.18 Å². The molecule has 2 aromatic rings. The first kappa shape index (κ1) is 15.0. The molecule has 0 amide bonds. The highest BCUT2D eigenvalue weighted by molar-refractivity contribution is 7.12. The van der Waals surface area contributed by atoms with Crippen LogP contribution in [0.4, 0.5) is 17.6 Å². The summed E-state index contributed by atoms with van der Waals surface area (Å²) in [6, 6.07) is 4.41. The molecule has 0 spiro atoms. The lowest BCUT2D eigenvalue weighted by Gasteiger charge is -2.14. The Kier molecular flexibility index (Phi) is 3.88. The lowest BCUT2D eigenvalue weighted by Crippen LogP contribution is -2.10. The lowest BCUT2D eigenvalue weighted by atomic mass is 10.0. The maximum Gasteiger partial charge on any atom is 0.419 e. The molecule has 1 N–H and O–H groups in total. The van der Waals surface area contributed by atoms with E-state index >= 15 is 0 Å². The van der Waals surface area contributed by atoms with Crippen molar-refractivity contribution in [1.82, 2.24) is 0 Å². The number of hydrogen-bond donors (Lipinski definition) is 1. The third-order valence-electron chi connectivity index (χ3n) is 2.94. The third kappa shape index (κ3) is 2.86. The van der Waals surface area contributed by atoms with Crippen molar-refractivity contribution in [2.45, 2.75) is 26.1 Å². The molecule has 1 heterocycles. The molecule has 108 valence electrons. The van der Waals surface area contributed by atoms with Crippen molar-refractivity contribution >= 4 is 11.3 Å². The average molecular weight is 304 g/mol. The summed E-state index contributed by atoms with van der Waals surface area (Å²) in [6.07, 6.45) is -5.96. The van der Waals surface area contributed by atoms with Crippen molar-refractivity contribution in [1.29, 1.82) is 0 Å². The number of benzene rings is 1. The minimum Gasteiger partial charge on any atom is -0.383 e. The van der Waals surface area contributed by atoms with Crippen molar-refractivity contribution in [3.05, 3.63) is 56.5 Å². The number of aliphatic hydroxyl groups excluding tert-OH is 1. The molecule has 20 heavy (non-hydrogen) atoms. The Bertz CT molecular complexity index is 631. The van der Waals surface area contributed by atoms with Crippen molar-refractivity contribution in [2.24, 2.45) is 0 Å². The SMILES string of the molecule is Cc1cc(C)c(C(O)c2ccc(F)c(C(F)(F)F)c2)s1. The van der Waals surface area contributed by atoms with Crippen LogP contribution >= 0.6 is 11.3 Å². The van der Waals surface area contributed by atoms with Crippen LogP contribution in [-0.2, 0) is 6.18 Å². The van der Waals surface area contributed by atoms with E-state index < -0.39 is 23.7 Å². The summed E-state index contributed by atoms with van der Waals surface area (Å²) in [7, 11) is 0. The number of thiophene rings is 1. The molecule has 1 aromatic carbocycles. The van der Waals surface area contributed by atoms with Gasteiger partial charge in [-0.15, -0.1) is 11.3 Å². The van der Waals surface area contributed by atoms with Crippen LogP contribution in [0.2, 0.25) is 0 Å². The third-order valence-corrected chi connectivity index (χ3v) is 4.14. The fourth-order valence-electron chi connectivity index (χ4n) is 2.01. The largest absolute Gasteiger partial charge is 0.419 e. The molecular formula is C14H12F4OS. The molecule has 0 aliphatic carbocycles. The van der Waals surface area contributed by atoms with Gasteiger partial charge in [-0.1, -0.05) is 6.07 Å². The van der Waals surface area contributed by atoms with Gasteiger partial charge in [0.15, 0.2) is 0 Å². The number of aliphatic hydroxyl groups is 1. The van der Waals surface area contributed by atoms with Crippen LogP contribution in [0.15, 0.2) is 24.3 Å². The van der Waals surface area contributed by atoms with Gasteiger partial charge in [0.25, 0.3) is 0 Å². The van der Waals surface area contributed by atoms with E-state index in [1.54, 1.807) is 6.92 Å². The molecule has 0 fully saturated rings. The van der Waals surface area contributed by atoms with Crippen molar-refractivity contribution in [3.63, 3.8) is 0 Å². The van der Waals surface area contributed by atoms with Crippen LogP contribution in [0.5, 0.6) is 0 Å². The highest BCUT2D eigenvalue weighted by Gasteiger charge is 2.34. The van der Waals surface area contributed by atoms with Crippen LogP contribution in [-0.4, -0.2) is 5.11 Å². The molecule has 0 saturated carbocycles. The summed E-state index contributed by atoms with van der Waals surface area (Å²) >= 11 is 1.31. The van der Waals surface area contributed by atoms with E-state index in [9.17, 15) is 22.7 Å². The second-order valence-electron chi connectivity index (χ2n) is 4.54. The van der Waals surface area contributed by atoms with Gasteiger partial charge in [-0.2, -0.15) is 13.2 Å². The summed E-state index contributed by atoms with van der Waals surface area (Å²) in [5.41, 5.74) is -0.526. The summed E-state index contributed by atoms with van der Waals surface area (Å²) < 4.78 is 51.2. The zero-order valence-electron chi connectivity index (χ0n) is 10.8. The van der Waals surface area contributed by atoms with Gasteiger partial charge in [0.1, 0.15) is 11.9 Å². The molecule has 1 atom stereocenters. The van der Waals surface area contributed by atoms with Crippen molar-refractivity contribution in [3.8, 4) is 0 Å². The van der Waals surface area contributed by atoms with E-state index in [2.05, 4.69) is 0 Å². The molecule has 0 radical (unpaired) electrons. The monoisotopic (exact) mass is 304 g/mol. The van der Waals surface area contributed by atoms with Gasteiger partial charge in [-0.3, -0.25) is 0 Å². The minimum atomic E-state index is -4.78. The van der Waals surface area contributed by atoms with Crippen LogP contribution in [0, 0.1) is 19.7 Å². The second-order valence-corrected chi connectivity index (χ2v) is 5.83. The van der Waals surface area contributed by atoms with Crippen LogP contribution < -0.4 is 0 Å². The normalized spacial score (nSPS) is 13.6. The quantitative estimate of drug-likeness (QED) is 0.804. The average Bonchev–Trinajstić information content (AvgIpc) is 2.66. The number of aryl methyl sites for hydroxylation is 2. The van der Waals surface area contributed by atoms with E-state index in [0.717, 1.165) is 16.5 Å². The van der Waals surface area contributed by atoms with Crippen molar-refractivity contribution < 1.29 is 22.7 Å². The van der Waals surface area contributed by atoms with E-state index in [4.69, 9.17) is 0 Å². The molecule has 2 rings (SSSR count). The summed E-state index contributed by atoms with van der Waals surface area (Å²) in [4.78, 5) is 1.52. The number of halogens is 4. The first-order valence-corrected chi connectivity index (χ1v) is 6.63. The molecule has 1 unspecified atom stereocenters. The standard InChI is InChI=1S/C14H12F4OS/c1-7-5-8(2)20-13(7)12(19)9-3-4-11(15)10(6-9)14(16,17)18/h3-6,12,19H,1-2H3. The lowest BCUT2D eigenvalue weighted by molar-refractivity contribution is -0.140. The first-order valence-electron chi connectivity index (χ1n) is 5.82. The second kappa shape index (κ2) is 5.18. The fourth-order valence-corrected chi connectivity index (χ4v) is 3.06. The first-order chi connectivity index (χ1) is 9.20. The summed E-state index contributed by atoms with van der Waals surface area (Å²) in [5, 5.41) is 10.2. The maximum absolute atomic E-state index is 13.2. The Morgan fingerprint density at radius 1 is 1.15 bits per heavy atom. The van der Waals surface area contributed by atoms with E-state index in [1.807, 2.05) is 13.0 Å². The van der Waals surface area contributed by atoms with Gasteiger partial charge in [-0.05, 0) is 43.2 Å². The van der Waals surface area contributed by atoms with Gasteiger partial charge in [0, 0.05) is 9.75 Å². The molecule has 1 aromatic heterocycles. The van der Waals surface area contributed by atoms with E-state index in [0.29, 0.717) is 10.9 Å². The maximum atomic E-state index is 13.2. The predicted octanol–water partition coefficient (Wildman–Crippen LogP) is 4.60. The Balaban J connectivity index is 2.46. The highest BCUT2D eigenvalue weighted by atomic mass is 32.1. The molecule has 6 heteroatoms. The van der Waals surface area contributed by atoms with Crippen LogP contribution in [0.3, 0.4) is 0 Å². The van der Waals surface area contributed by atoms with E-state index in [1.165, 1.54) is 17.4 Å². The number of alkyl halides is 3. The van der Waals surface area contributed by atoms with Gasteiger partial charge < -0.3 is 5.11 Å². The zero-order chi connectivity index (χ0) is 15.1. The molecular weight excluding hydrogens is 292 g/mol. The predicted molar refractivity (Wildman–Crippen MR) is 69.3 cm³/mol. The Hall–Kier alpha value is -1.40. The molecule has 0 aliphatic rings. The van der Waals surface area contributed by atoms with Crippen molar-refractivity contribution in [2.75, 3.05) is 0 Å². The zero-order valence-corrected chi connectivity index (χ0v) is 11.6. The highest BCUT2D eigenvalue weighted by Crippen LogP contribution is 2.36. The molecule has 0 saturated heterocycles. The van der Waals surface area contributed by atoms with E-state index in [-0.39, 0.29) is 5.56 Å². The number of hydrogen-bond acceptors (Lipinski definition) is 2. The van der Waals surface area contributed by atoms with Crippen LogP contribution in [0.1, 0.15) is 32.5 Å². The Morgan fingerprint density at radius 3 is 2.30 bits per heavy atom. The smallest absolute Gasteiger partial charge is 0.383 e. The number of rotatable bonds is 2. The van der Waals surface area contributed by atoms with Gasteiger partial charge in [0.05, 0.1) is 5.56 Å². The van der Waals surface area contributed by atoms with Gasteiger partial charge in [0.2, 0.25) is 0 Å². The Labute approximate surface area is 117 Å². The molecule has 0 aliphatic heterocycles.